The normalized spacial score (nSPS) is 16.5. The zero-order valence-corrected chi connectivity index (χ0v) is 10.6. The lowest BCUT2D eigenvalue weighted by Crippen LogP contribution is -2.36. The summed E-state index contributed by atoms with van der Waals surface area (Å²) in [5.74, 6) is -0.645. The Labute approximate surface area is 111 Å². The topological polar surface area (TPSA) is 78.6 Å². The van der Waals surface area contributed by atoms with Crippen molar-refractivity contribution >= 4 is 17.3 Å². The zero-order chi connectivity index (χ0) is 13.8. The predicted molar refractivity (Wildman–Crippen MR) is 71.5 cm³/mol. The number of halogens is 1. The van der Waals surface area contributed by atoms with Crippen LogP contribution in [0.2, 0.25) is 0 Å². The Balaban J connectivity index is 2.15. The highest BCUT2D eigenvalue weighted by Gasteiger charge is 2.20. The van der Waals surface area contributed by atoms with Gasteiger partial charge in [0.25, 0.3) is 0 Å². The Morgan fingerprint density at radius 2 is 2.16 bits per heavy atom. The van der Waals surface area contributed by atoms with E-state index in [0.717, 1.165) is 0 Å². The number of nitrogens with two attached hydrogens (primary N) is 1. The number of benzene rings is 1. The van der Waals surface area contributed by atoms with Crippen LogP contribution in [0.5, 0.6) is 0 Å². The molecule has 19 heavy (non-hydrogen) atoms. The van der Waals surface area contributed by atoms with E-state index in [0.29, 0.717) is 37.3 Å². The number of rotatable bonds is 3. The number of nitrogens with zero attached hydrogens (tertiary/aromatic N) is 1. The molecule has 0 saturated carbocycles. The number of hydrogen-bond donors (Lipinski definition) is 3. The molecule has 0 spiro atoms. The lowest BCUT2D eigenvalue weighted by molar-refractivity contribution is -0.114. The van der Waals surface area contributed by atoms with E-state index in [1.54, 1.807) is 6.07 Å². The monoisotopic (exact) mass is 267 g/mol. The molecule has 1 aromatic rings. The van der Waals surface area contributed by atoms with Gasteiger partial charge in [0.1, 0.15) is 5.82 Å². The highest BCUT2D eigenvalue weighted by Crippen LogP contribution is 2.26. The summed E-state index contributed by atoms with van der Waals surface area (Å²) < 4.78 is 13.8. The van der Waals surface area contributed by atoms with Crippen molar-refractivity contribution in [3.05, 3.63) is 24.0 Å². The molecule has 0 aromatic heterocycles. The summed E-state index contributed by atoms with van der Waals surface area (Å²) in [6.07, 6.45) is 0.942. The highest BCUT2D eigenvalue weighted by atomic mass is 19.1. The molecule has 0 unspecified atom stereocenters. The van der Waals surface area contributed by atoms with Gasteiger partial charge in [0, 0.05) is 18.8 Å². The van der Waals surface area contributed by atoms with Gasteiger partial charge in [0.15, 0.2) is 0 Å². The van der Waals surface area contributed by atoms with Gasteiger partial charge in [-0.1, -0.05) is 0 Å². The molecule has 2 rings (SSSR count). The average Bonchev–Trinajstić information content (AvgIpc) is 2.42. The van der Waals surface area contributed by atoms with Crippen molar-refractivity contribution in [2.45, 2.75) is 18.9 Å². The molecule has 1 aliphatic heterocycles. The summed E-state index contributed by atoms with van der Waals surface area (Å²) in [6.45, 7) is 1.10. The molecule has 104 valence electrons. The van der Waals surface area contributed by atoms with E-state index in [4.69, 9.17) is 5.73 Å². The third-order valence-corrected chi connectivity index (χ3v) is 3.22. The first-order valence-electron chi connectivity index (χ1n) is 6.32. The second-order valence-corrected chi connectivity index (χ2v) is 4.64. The third kappa shape index (κ3) is 3.42. The quantitative estimate of drug-likeness (QED) is 0.752. The summed E-state index contributed by atoms with van der Waals surface area (Å²) in [7, 11) is 0. The number of anilines is 2. The standard InChI is InChI=1S/C13H18FN3O2/c14-11-2-1-9(16-13(19)8-15)7-12(11)17-5-3-10(18)4-6-17/h1-2,7,10,18H,3-6,8,15H2,(H,16,19). The number of aliphatic hydroxyl groups excluding tert-OH is 1. The van der Waals surface area contributed by atoms with Gasteiger partial charge < -0.3 is 21.1 Å². The highest BCUT2D eigenvalue weighted by molar-refractivity contribution is 5.92. The maximum Gasteiger partial charge on any atom is 0.238 e. The van der Waals surface area contributed by atoms with E-state index in [1.165, 1.54) is 12.1 Å². The van der Waals surface area contributed by atoms with Crippen LogP contribution in [0.1, 0.15) is 12.8 Å². The summed E-state index contributed by atoms with van der Waals surface area (Å²) in [6, 6.07) is 4.43. The summed E-state index contributed by atoms with van der Waals surface area (Å²) in [5, 5.41) is 12.1. The molecular weight excluding hydrogens is 249 g/mol. The number of nitrogens with one attached hydrogen (secondary N) is 1. The Morgan fingerprint density at radius 3 is 2.79 bits per heavy atom. The van der Waals surface area contributed by atoms with Gasteiger partial charge in [0.05, 0.1) is 18.3 Å². The van der Waals surface area contributed by atoms with Crippen LogP contribution in [0, 0.1) is 5.82 Å². The number of aliphatic hydroxyl groups is 1. The zero-order valence-electron chi connectivity index (χ0n) is 10.6. The minimum absolute atomic E-state index is 0.109. The molecule has 4 N–H and O–H groups in total. The van der Waals surface area contributed by atoms with Crippen LogP contribution in [0.25, 0.3) is 0 Å². The van der Waals surface area contributed by atoms with Gasteiger partial charge in [-0.25, -0.2) is 4.39 Å². The van der Waals surface area contributed by atoms with E-state index in [2.05, 4.69) is 5.32 Å². The Bertz CT molecular complexity index is 459. The van der Waals surface area contributed by atoms with Crippen LogP contribution in [-0.4, -0.2) is 36.8 Å². The van der Waals surface area contributed by atoms with Gasteiger partial charge in [-0.15, -0.1) is 0 Å². The van der Waals surface area contributed by atoms with E-state index >= 15 is 0 Å². The fraction of sp³-hybridized carbons (Fsp3) is 0.462. The molecule has 0 radical (unpaired) electrons. The molecule has 1 heterocycles. The first-order valence-corrected chi connectivity index (χ1v) is 6.32. The molecule has 1 fully saturated rings. The van der Waals surface area contributed by atoms with Crippen molar-refractivity contribution in [3.63, 3.8) is 0 Å². The van der Waals surface area contributed by atoms with Crippen LogP contribution in [0.4, 0.5) is 15.8 Å². The molecule has 0 atom stereocenters. The second kappa shape index (κ2) is 5.99. The molecule has 1 saturated heterocycles. The number of carbonyl (C=O) groups is 1. The Morgan fingerprint density at radius 1 is 1.47 bits per heavy atom. The first-order chi connectivity index (χ1) is 9.10. The molecule has 1 aliphatic rings. The van der Waals surface area contributed by atoms with E-state index in [1.807, 2.05) is 4.90 Å². The third-order valence-electron chi connectivity index (χ3n) is 3.22. The van der Waals surface area contributed by atoms with Crippen LogP contribution in [0.15, 0.2) is 18.2 Å². The van der Waals surface area contributed by atoms with Crippen LogP contribution in [-0.2, 0) is 4.79 Å². The van der Waals surface area contributed by atoms with Crippen molar-refractivity contribution in [1.82, 2.24) is 0 Å². The lowest BCUT2D eigenvalue weighted by atomic mass is 10.1. The molecule has 1 amide bonds. The largest absolute Gasteiger partial charge is 0.393 e. The SMILES string of the molecule is NCC(=O)Nc1ccc(F)c(N2CCC(O)CC2)c1. The van der Waals surface area contributed by atoms with E-state index < -0.39 is 0 Å². The molecule has 6 heteroatoms. The molecule has 0 bridgehead atoms. The fourth-order valence-corrected chi connectivity index (χ4v) is 2.15. The second-order valence-electron chi connectivity index (χ2n) is 4.64. The van der Waals surface area contributed by atoms with E-state index in [9.17, 15) is 14.3 Å². The van der Waals surface area contributed by atoms with Gasteiger partial charge in [-0.2, -0.15) is 0 Å². The van der Waals surface area contributed by atoms with Crippen molar-refractivity contribution in [2.75, 3.05) is 29.9 Å². The van der Waals surface area contributed by atoms with Gasteiger partial charge >= 0.3 is 0 Å². The maximum atomic E-state index is 13.8. The number of amides is 1. The van der Waals surface area contributed by atoms with Gasteiger partial charge in [0.2, 0.25) is 5.91 Å². The predicted octanol–water partition coefficient (Wildman–Crippen LogP) is 0.684. The Hall–Kier alpha value is -1.66. The summed E-state index contributed by atoms with van der Waals surface area (Å²) >= 11 is 0. The van der Waals surface area contributed by atoms with Gasteiger partial charge in [-0.05, 0) is 31.0 Å². The maximum absolute atomic E-state index is 13.8. The van der Waals surface area contributed by atoms with E-state index in [-0.39, 0.29) is 24.4 Å². The van der Waals surface area contributed by atoms with Crippen LogP contribution in [0.3, 0.4) is 0 Å². The van der Waals surface area contributed by atoms with Crippen LogP contribution < -0.4 is 16.0 Å². The molecule has 0 aliphatic carbocycles. The van der Waals surface area contributed by atoms with Crippen molar-refractivity contribution < 1.29 is 14.3 Å². The molecule has 1 aromatic carbocycles. The fourth-order valence-electron chi connectivity index (χ4n) is 2.15. The van der Waals surface area contributed by atoms with Crippen molar-refractivity contribution in [3.8, 4) is 0 Å². The Kier molecular flexibility index (Phi) is 4.34. The number of hydrogen-bond acceptors (Lipinski definition) is 4. The average molecular weight is 267 g/mol. The van der Waals surface area contributed by atoms with Gasteiger partial charge in [-0.3, -0.25) is 4.79 Å². The smallest absolute Gasteiger partial charge is 0.238 e. The van der Waals surface area contributed by atoms with Crippen molar-refractivity contribution in [1.29, 1.82) is 0 Å². The summed E-state index contributed by atoms with van der Waals surface area (Å²) in [5.41, 5.74) is 6.19. The minimum Gasteiger partial charge on any atom is -0.393 e. The van der Waals surface area contributed by atoms with Crippen LogP contribution >= 0.6 is 0 Å². The first kappa shape index (κ1) is 13.8. The lowest BCUT2D eigenvalue weighted by Gasteiger charge is -2.31. The van der Waals surface area contributed by atoms with Crippen molar-refractivity contribution in [2.24, 2.45) is 5.73 Å². The molecule has 5 nitrogen and oxygen atoms in total. The minimum atomic E-state index is -0.331. The molecular formula is C13H18FN3O2. The number of piperidine rings is 1. The number of carbonyl (C=O) groups excluding carboxylic acids is 1. The summed E-state index contributed by atoms with van der Waals surface area (Å²) in [4.78, 5) is 13.1.